The van der Waals surface area contributed by atoms with Gasteiger partial charge in [-0.1, -0.05) is 12.1 Å². The van der Waals surface area contributed by atoms with Gasteiger partial charge in [-0.3, -0.25) is 13.8 Å². The lowest BCUT2D eigenvalue weighted by Crippen LogP contribution is -2.20. The van der Waals surface area contributed by atoms with Gasteiger partial charge in [-0.05, 0) is 48.4 Å². The molecule has 2 N–H and O–H groups in total. The summed E-state index contributed by atoms with van der Waals surface area (Å²) in [6.45, 7) is 0.0904. The monoisotopic (exact) mass is 411 g/mol. The van der Waals surface area contributed by atoms with Crippen LogP contribution < -0.4 is 10.9 Å². The van der Waals surface area contributed by atoms with Gasteiger partial charge >= 0.3 is 5.56 Å². The molecule has 0 amide bonds. The molecule has 2 aromatic carbocycles. The zero-order valence-electron chi connectivity index (χ0n) is 15.9. The number of nitrogens with zero attached hydrogens (tertiary/aromatic N) is 4. The first-order valence-electron chi connectivity index (χ1n) is 9.37. The van der Waals surface area contributed by atoms with Gasteiger partial charge in [0, 0.05) is 12.2 Å². The fourth-order valence-corrected chi connectivity index (χ4v) is 3.19. The van der Waals surface area contributed by atoms with E-state index in [1.54, 1.807) is 33.4 Å². The van der Waals surface area contributed by atoms with Crippen molar-refractivity contribution in [2.24, 2.45) is 0 Å². The minimum atomic E-state index is -0.503. The summed E-state index contributed by atoms with van der Waals surface area (Å²) >= 11 is 0. The summed E-state index contributed by atoms with van der Waals surface area (Å²) in [5.74, 6) is 0.0115. The predicted molar refractivity (Wildman–Crippen MR) is 109 cm³/mol. The minimum absolute atomic E-state index is 0.110. The first-order valence-corrected chi connectivity index (χ1v) is 9.37. The highest BCUT2D eigenvalue weighted by Crippen LogP contribution is 2.21. The van der Waals surface area contributed by atoms with E-state index in [0.717, 1.165) is 5.56 Å². The molecule has 0 saturated carbocycles. The Morgan fingerprint density at radius 3 is 2.50 bits per heavy atom. The minimum Gasteiger partial charge on any atom is -0.508 e. The molecule has 154 valence electrons. The molecule has 9 heteroatoms. The Labute approximate surface area is 170 Å². The van der Waals surface area contributed by atoms with Gasteiger partial charge in [-0.15, -0.1) is 0 Å². The van der Waals surface area contributed by atoms with Crippen molar-refractivity contribution in [1.82, 2.24) is 19.1 Å². The second-order valence-electron chi connectivity index (χ2n) is 6.78. The van der Waals surface area contributed by atoms with Crippen LogP contribution in [0.3, 0.4) is 0 Å². The Hall–Kier alpha value is -3.75. The zero-order chi connectivity index (χ0) is 21.1. The van der Waals surface area contributed by atoms with E-state index in [2.05, 4.69) is 15.3 Å². The molecular formula is C21H19F2N5O2. The fraction of sp³-hybridized carbons (Fsp3) is 0.190. The molecule has 0 saturated heterocycles. The molecule has 30 heavy (non-hydrogen) atoms. The van der Waals surface area contributed by atoms with Crippen molar-refractivity contribution in [1.29, 1.82) is 0 Å². The van der Waals surface area contributed by atoms with E-state index in [-0.39, 0.29) is 36.0 Å². The van der Waals surface area contributed by atoms with Crippen LogP contribution >= 0.6 is 0 Å². The number of phenols is 1. The van der Waals surface area contributed by atoms with Crippen LogP contribution in [0.2, 0.25) is 0 Å². The quantitative estimate of drug-likeness (QED) is 0.454. The lowest BCUT2D eigenvalue weighted by Gasteiger charge is -2.15. The predicted octanol–water partition coefficient (Wildman–Crippen LogP) is 3.59. The summed E-state index contributed by atoms with van der Waals surface area (Å²) in [4.78, 5) is 21.3. The highest BCUT2D eigenvalue weighted by Gasteiger charge is 2.17. The van der Waals surface area contributed by atoms with Gasteiger partial charge in [0.2, 0.25) is 5.95 Å². The fourth-order valence-electron chi connectivity index (χ4n) is 3.19. The number of benzene rings is 2. The summed E-state index contributed by atoms with van der Waals surface area (Å²) in [7, 11) is 0. The van der Waals surface area contributed by atoms with Crippen LogP contribution in [0.25, 0.3) is 11.2 Å². The van der Waals surface area contributed by atoms with Gasteiger partial charge in [-0.2, -0.15) is 4.98 Å². The van der Waals surface area contributed by atoms with Gasteiger partial charge in [0.15, 0.2) is 11.2 Å². The lowest BCUT2D eigenvalue weighted by atomic mass is 10.2. The Balaban J connectivity index is 1.82. The maximum absolute atomic E-state index is 13.3. The van der Waals surface area contributed by atoms with Crippen molar-refractivity contribution < 1.29 is 13.9 Å². The van der Waals surface area contributed by atoms with Crippen LogP contribution in [0, 0.1) is 5.82 Å². The van der Waals surface area contributed by atoms with Gasteiger partial charge in [0.1, 0.15) is 11.6 Å². The van der Waals surface area contributed by atoms with Crippen LogP contribution in [-0.2, 0) is 13.1 Å². The number of phenolic OH excluding ortho intramolecular Hbond substituents is 1. The molecule has 0 atom stereocenters. The number of alkyl halides is 1. The molecule has 0 unspecified atom stereocenters. The Morgan fingerprint density at radius 2 is 1.80 bits per heavy atom. The normalized spacial score (nSPS) is 11.1. The summed E-state index contributed by atoms with van der Waals surface area (Å²) in [6, 6.07) is 12.3. The zero-order valence-corrected chi connectivity index (χ0v) is 15.9. The largest absolute Gasteiger partial charge is 0.508 e. The van der Waals surface area contributed by atoms with Crippen molar-refractivity contribution >= 4 is 22.8 Å². The second kappa shape index (κ2) is 8.32. The first kappa shape index (κ1) is 19.6. The molecule has 0 fully saturated rings. The van der Waals surface area contributed by atoms with Gasteiger partial charge in [-0.25, -0.2) is 9.37 Å². The SMILES string of the molecule is O=c1nc(Nc2ccc(O)cc2)n(Cc2ccc(F)cc2)c2ncn(CCCF)c12. The summed E-state index contributed by atoms with van der Waals surface area (Å²) in [6.07, 6.45) is 1.76. The van der Waals surface area contributed by atoms with Crippen LogP contribution in [0.1, 0.15) is 12.0 Å². The molecule has 7 nitrogen and oxygen atoms in total. The average molecular weight is 411 g/mol. The lowest BCUT2D eigenvalue weighted by molar-refractivity contribution is 0.449. The number of aromatic hydroxyl groups is 1. The van der Waals surface area contributed by atoms with E-state index < -0.39 is 12.2 Å². The van der Waals surface area contributed by atoms with Crippen molar-refractivity contribution in [2.45, 2.75) is 19.5 Å². The van der Waals surface area contributed by atoms with Gasteiger partial charge in [0.05, 0.1) is 19.5 Å². The van der Waals surface area contributed by atoms with Crippen molar-refractivity contribution in [3.63, 3.8) is 0 Å². The number of hydrogen-bond acceptors (Lipinski definition) is 5. The van der Waals surface area contributed by atoms with Gasteiger partial charge in [0.25, 0.3) is 0 Å². The Bertz CT molecular complexity index is 1220. The molecule has 0 aliphatic carbocycles. The number of aromatic nitrogens is 4. The molecule has 2 heterocycles. The summed E-state index contributed by atoms with van der Waals surface area (Å²) in [5.41, 5.74) is 1.58. The highest BCUT2D eigenvalue weighted by atomic mass is 19.1. The highest BCUT2D eigenvalue weighted by molar-refractivity contribution is 5.73. The summed E-state index contributed by atoms with van der Waals surface area (Å²) in [5, 5.41) is 12.6. The molecule has 0 aliphatic rings. The van der Waals surface area contributed by atoms with Crippen LogP contribution in [0.15, 0.2) is 59.7 Å². The second-order valence-corrected chi connectivity index (χ2v) is 6.78. The average Bonchev–Trinajstić information content (AvgIpc) is 3.17. The molecule has 0 aliphatic heterocycles. The van der Waals surface area contributed by atoms with Crippen molar-refractivity contribution in [3.8, 4) is 5.75 Å². The topological polar surface area (TPSA) is 85.0 Å². The van der Waals surface area contributed by atoms with Crippen LogP contribution in [0.4, 0.5) is 20.4 Å². The molecule has 4 aromatic rings. The van der Waals surface area contributed by atoms with E-state index >= 15 is 0 Å². The maximum Gasteiger partial charge on any atom is 0.300 e. The van der Waals surface area contributed by atoms with E-state index in [1.807, 2.05) is 0 Å². The Morgan fingerprint density at radius 1 is 1.07 bits per heavy atom. The number of nitrogens with one attached hydrogen (secondary N) is 1. The molecule has 0 bridgehead atoms. The number of aryl methyl sites for hydroxylation is 1. The van der Waals surface area contributed by atoms with E-state index in [9.17, 15) is 18.7 Å². The van der Waals surface area contributed by atoms with Gasteiger partial charge < -0.3 is 15.0 Å². The maximum atomic E-state index is 13.3. The first-order chi connectivity index (χ1) is 14.5. The molecule has 0 radical (unpaired) electrons. The number of rotatable bonds is 7. The number of fused-ring (bicyclic) bond motifs is 1. The summed E-state index contributed by atoms with van der Waals surface area (Å²) < 4.78 is 29.2. The number of hydrogen-bond donors (Lipinski definition) is 2. The molecule has 2 aromatic heterocycles. The van der Waals surface area contributed by atoms with E-state index in [4.69, 9.17) is 0 Å². The number of imidazole rings is 1. The standard InChI is InChI=1S/C21H19F2N5O2/c22-10-1-11-27-13-24-19-18(27)20(30)26-21(25-16-6-8-17(29)9-7-16)28(19)12-14-2-4-15(23)5-3-14/h2-9,13,29H,1,10-12H2,(H,25,26,30). The molecular weight excluding hydrogens is 392 g/mol. The van der Waals surface area contributed by atoms with E-state index in [1.165, 1.54) is 30.6 Å². The van der Waals surface area contributed by atoms with Crippen LogP contribution in [-0.4, -0.2) is 30.9 Å². The van der Waals surface area contributed by atoms with Crippen molar-refractivity contribution in [2.75, 3.05) is 12.0 Å². The molecule has 4 rings (SSSR count). The third-order valence-corrected chi connectivity index (χ3v) is 4.65. The third kappa shape index (κ3) is 4.00. The van der Waals surface area contributed by atoms with E-state index in [0.29, 0.717) is 17.9 Å². The third-order valence-electron chi connectivity index (χ3n) is 4.65. The Kier molecular flexibility index (Phi) is 5.42. The number of anilines is 2. The van der Waals surface area contributed by atoms with Crippen LogP contribution in [0.5, 0.6) is 5.75 Å². The molecule has 0 spiro atoms. The van der Waals surface area contributed by atoms with Crippen molar-refractivity contribution in [3.05, 3.63) is 76.6 Å². The number of halogens is 2. The smallest absolute Gasteiger partial charge is 0.300 e.